The summed E-state index contributed by atoms with van der Waals surface area (Å²) in [5.74, 6) is 0.616. The van der Waals surface area contributed by atoms with Crippen molar-refractivity contribution in [2.24, 2.45) is 0 Å². The van der Waals surface area contributed by atoms with Gasteiger partial charge in [-0.05, 0) is 74.8 Å². The molecule has 5 nitrogen and oxygen atoms in total. The first kappa shape index (κ1) is 21.6. The fourth-order valence-electron chi connectivity index (χ4n) is 5.18. The van der Waals surface area contributed by atoms with E-state index in [1.807, 2.05) is 32.4 Å². The number of rotatable bonds is 5. The zero-order valence-electron chi connectivity index (χ0n) is 19.5. The van der Waals surface area contributed by atoms with Crippen LogP contribution in [0.1, 0.15) is 47.1 Å². The van der Waals surface area contributed by atoms with Gasteiger partial charge in [-0.2, -0.15) is 0 Å². The van der Waals surface area contributed by atoms with Gasteiger partial charge in [-0.3, -0.25) is 4.98 Å². The molecule has 2 aromatic heterocycles. The van der Waals surface area contributed by atoms with Gasteiger partial charge in [-0.15, -0.1) is 0 Å². The number of likely N-dealkylation sites (tertiary alicyclic amines) is 1. The Morgan fingerprint density at radius 1 is 1.24 bits per heavy atom. The molecule has 0 unspecified atom stereocenters. The van der Waals surface area contributed by atoms with Crippen LogP contribution in [0.4, 0.5) is 4.39 Å². The van der Waals surface area contributed by atoms with Gasteiger partial charge in [0.15, 0.2) is 5.82 Å². The highest BCUT2D eigenvalue weighted by Crippen LogP contribution is 2.37. The van der Waals surface area contributed by atoms with Crippen LogP contribution in [0.5, 0.6) is 0 Å². The molecule has 0 radical (unpaired) electrons. The lowest BCUT2D eigenvalue weighted by Gasteiger charge is -2.31. The maximum absolute atomic E-state index is 15.3. The zero-order valence-corrected chi connectivity index (χ0v) is 19.5. The molecule has 1 N–H and O–H groups in total. The number of nitrogens with one attached hydrogen (secondary N) is 1. The molecule has 1 fully saturated rings. The van der Waals surface area contributed by atoms with Crippen molar-refractivity contribution >= 4 is 22.2 Å². The zero-order chi connectivity index (χ0) is 23.1. The van der Waals surface area contributed by atoms with E-state index >= 15 is 4.39 Å². The first-order valence-corrected chi connectivity index (χ1v) is 11.6. The number of halogens is 1. The SMILES string of the molecule is C=C/C(=C\NC)c1cnc2c(c1)C(c1cc(F)c3nc(C)n(C4CCN(C)CC4)c3c1)=CC2. The van der Waals surface area contributed by atoms with Crippen molar-refractivity contribution < 1.29 is 4.39 Å². The quantitative estimate of drug-likeness (QED) is 0.571. The molecular weight excluding hydrogens is 413 g/mol. The first-order chi connectivity index (χ1) is 16.0. The van der Waals surface area contributed by atoms with Crippen LogP contribution in [0.3, 0.4) is 0 Å². The summed E-state index contributed by atoms with van der Waals surface area (Å²) < 4.78 is 17.6. The van der Waals surface area contributed by atoms with Gasteiger partial charge in [0, 0.05) is 43.0 Å². The van der Waals surface area contributed by atoms with E-state index in [2.05, 4.69) is 56.6 Å². The van der Waals surface area contributed by atoms with Gasteiger partial charge >= 0.3 is 0 Å². The normalized spacial score (nSPS) is 17.3. The summed E-state index contributed by atoms with van der Waals surface area (Å²) in [6, 6.07) is 6.22. The number of aromatic nitrogens is 3. The van der Waals surface area contributed by atoms with Crippen molar-refractivity contribution in [1.82, 2.24) is 24.8 Å². The number of imidazole rings is 1. The minimum Gasteiger partial charge on any atom is -0.393 e. The smallest absolute Gasteiger partial charge is 0.151 e. The second-order valence-electron chi connectivity index (χ2n) is 9.02. The largest absolute Gasteiger partial charge is 0.393 e. The molecule has 3 heterocycles. The van der Waals surface area contributed by atoms with Crippen molar-refractivity contribution in [3.63, 3.8) is 0 Å². The van der Waals surface area contributed by atoms with Crippen LogP contribution < -0.4 is 5.32 Å². The molecule has 0 atom stereocenters. The average molecular weight is 444 g/mol. The Morgan fingerprint density at radius 2 is 2.03 bits per heavy atom. The third-order valence-electron chi connectivity index (χ3n) is 6.90. The Balaban J connectivity index is 1.59. The highest BCUT2D eigenvalue weighted by molar-refractivity contribution is 5.90. The Bertz CT molecular complexity index is 1290. The molecule has 170 valence electrons. The Hall–Kier alpha value is -3.25. The lowest BCUT2D eigenvalue weighted by atomic mass is 9.97. The fourth-order valence-corrected chi connectivity index (χ4v) is 5.18. The second-order valence-corrected chi connectivity index (χ2v) is 9.02. The molecule has 33 heavy (non-hydrogen) atoms. The number of nitrogens with zero attached hydrogens (tertiary/aromatic N) is 4. The Morgan fingerprint density at radius 3 is 2.76 bits per heavy atom. The maximum atomic E-state index is 15.3. The van der Waals surface area contributed by atoms with Crippen LogP contribution in [0.15, 0.2) is 49.3 Å². The molecule has 0 amide bonds. The third kappa shape index (κ3) is 3.78. The molecule has 0 spiro atoms. The minimum atomic E-state index is -0.266. The molecule has 2 aliphatic rings. The van der Waals surface area contributed by atoms with Crippen LogP contribution in [-0.2, 0) is 6.42 Å². The van der Waals surface area contributed by atoms with E-state index in [0.717, 1.165) is 77.2 Å². The number of allylic oxidation sites excluding steroid dienone is 3. The van der Waals surface area contributed by atoms with E-state index < -0.39 is 0 Å². The van der Waals surface area contributed by atoms with Gasteiger partial charge in [0.2, 0.25) is 0 Å². The highest BCUT2D eigenvalue weighted by atomic mass is 19.1. The van der Waals surface area contributed by atoms with Crippen LogP contribution in [0.25, 0.3) is 22.2 Å². The van der Waals surface area contributed by atoms with Crippen LogP contribution in [0, 0.1) is 12.7 Å². The van der Waals surface area contributed by atoms with E-state index in [9.17, 15) is 0 Å². The van der Waals surface area contributed by atoms with Gasteiger partial charge in [0.25, 0.3) is 0 Å². The minimum absolute atomic E-state index is 0.266. The van der Waals surface area contributed by atoms with Gasteiger partial charge in [0.1, 0.15) is 11.3 Å². The monoisotopic (exact) mass is 443 g/mol. The highest BCUT2D eigenvalue weighted by Gasteiger charge is 2.25. The van der Waals surface area contributed by atoms with E-state index in [4.69, 9.17) is 0 Å². The molecule has 3 aromatic rings. The van der Waals surface area contributed by atoms with E-state index in [1.54, 1.807) is 6.07 Å². The van der Waals surface area contributed by atoms with Gasteiger partial charge < -0.3 is 14.8 Å². The van der Waals surface area contributed by atoms with Crippen molar-refractivity contribution in [2.75, 3.05) is 27.2 Å². The van der Waals surface area contributed by atoms with Gasteiger partial charge in [-0.1, -0.05) is 18.7 Å². The molecular formula is C27H30FN5. The fraction of sp³-hybridized carbons (Fsp3) is 0.333. The van der Waals surface area contributed by atoms with Gasteiger partial charge in [-0.25, -0.2) is 9.37 Å². The molecule has 0 saturated carbocycles. The van der Waals surface area contributed by atoms with E-state index in [-0.39, 0.29) is 5.82 Å². The summed E-state index contributed by atoms with van der Waals surface area (Å²) in [4.78, 5) is 11.6. The lowest BCUT2D eigenvalue weighted by Crippen LogP contribution is -2.31. The molecule has 1 aliphatic carbocycles. The molecule has 1 aromatic carbocycles. The number of benzene rings is 1. The summed E-state index contributed by atoms with van der Waals surface area (Å²) in [7, 11) is 4.02. The van der Waals surface area contributed by atoms with E-state index in [0.29, 0.717) is 11.6 Å². The summed E-state index contributed by atoms with van der Waals surface area (Å²) in [6.07, 6.45) is 10.6. The van der Waals surface area contributed by atoms with Crippen molar-refractivity contribution in [2.45, 2.75) is 32.2 Å². The standard InChI is InChI=1S/C27H30FN5/c1-5-18(15-29-3)20-12-23-22(6-7-25(23)30-16-20)19-13-24(28)27-26(14-19)33(17(2)31-27)21-8-10-32(4)11-9-21/h5-6,12-16,21,29H,1,7-11H2,2-4H3/b18-15+. The number of aryl methyl sites for hydroxylation is 1. The number of pyridine rings is 1. The van der Waals surface area contributed by atoms with Crippen molar-refractivity contribution in [3.05, 3.63) is 83.4 Å². The summed E-state index contributed by atoms with van der Waals surface area (Å²) in [6.45, 7) is 8.00. The lowest BCUT2D eigenvalue weighted by molar-refractivity contribution is 0.222. The molecule has 5 rings (SSSR count). The van der Waals surface area contributed by atoms with Crippen LogP contribution in [0.2, 0.25) is 0 Å². The molecule has 0 bridgehead atoms. The molecule has 6 heteroatoms. The number of hydrogen-bond donors (Lipinski definition) is 1. The van der Waals surface area contributed by atoms with E-state index in [1.165, 1.54) is 0 Å². The predicted octanol–water partition coefficient (Wildman–Crippen LogP) is 4.88. The first-order valence-electron chi connectivity index (χ1n) is 11.6. The average Bonchev–Trinajstić information content (AvgIpc) is 3.38. The van der Waals surface area contributed by atoms with Crippen LogP contribution >= 0.6 is 0 Å². The van der Waals surface area contributed by atoms with Crippen LogP contribution in [-0.4, -0.2) is 46.6 Å². The number of piperidine rings is 1. The van der Waals surface area contributed by atoms with Crippen molar-refractivity contribution in [3.8, 4) is 0 Å². The summed E-state index contributed by atoms with van der Waals surface area (Å²) >= 11 is 0. The Kier molecular flexibility index (Phi) is 5.62. The molecule has 1 aliphatic heterocycles. The van der Waals surface area contributed by atoms with Crippen molar-refractivity contribution in [1.29, 1.82) is 0 Å². The summed E-state index contributed by atoms with van der Waals surface area (Å²) in [5.41, 5.74) is 7.28. The molecule has 1 saturated heterocycles. The predicted molar refractivity (Wildman–Crippen MR) is 132 cm³/mol. The third-order valence-corrected chi connectivity index (χ3v) is 6.90. The Labute approximate surface area is 194 Å². The summed E-state index contributed by atoms with van der Waals surface area (Å²) in [5, 5.41) is 3.06. The maximum Gasteiger partial charge on any atom is 0.151 e. The topological polar surface area (TPSA) is 46.0 Å². The van der Waals surface area contributed by atoms with Gasteiger partial charge in [0.05, 0.1) is 11.2 Å². The number of hydrogen-bond acceptors (Lipinski definition) is 4. The second kappa shape index (κ2) is 8.60. The number of fused-ring (bicyclic) bond motifs is 2.